The molecule has 3 nitrogen and oxygen atoms in total. The van der Waals surface area contributed by atoms with E-state index in [1.54, 1.807) is 18.2 Å². The van der Waals surface area contributed by atoms with E-state index in [0.717, 1.165) is 0 Å². The van der Waals surface area contributed by atoms with E-state index < -0.39 is 0 Å². The number of carbonyl (C=O) groups is 1. The van der Waals surface area contributed by atoms with Gasteiger partial charge < -0.3 is 10.2 Å². The third-order valence-corrected chi connectivity index (χ3v) is 3.44. The summed E-state index contributed by atoms with van der Waals surface area (Å²) in [5.41, 5.74) is 0.804. The van der Waals surface area contributed by atoms with Gasteiger partial charge in [0, 0.05) is 4.47 Å². The highest BCUT2D eigenvalue weighted by Crippen LogP contribution is 2.25. The van der Waals surface area contributed by atoms with Crippen molar-refractivity contribution in [2.24, 2.45) is 0 Å². The summed E-state index contributed by atoms with van der Waals surface area (Å²) in [6.07, 6.45) is 2.85. The van der Waals surface area contributed by atoms with Crippen LogP contribution in [0.15, 0.2) is 46.9 Å². The van der Waals surface area contributed by atoms with Crippen LogP contribution in [0.3, 0.4) is 0 Å². The van der Waals surface area contributed by atoms with Crippen LogP contribution in [0.1, 0.15) is 15.9 Å². The van der Waals surface area contributed by atoms with Crippen LogP contribution in [-0.2, 0) is 0 Å². The maximum absolute atomic E-state index is 12.0. The van der Waals surface area contributed by atoms with Gasteiger partial charge in [0.15, 0.2) is 5.78 Å². The third-order valence-electron chi connectivity index (χ3n) is 2.62. The zero-order valence-corrected chi connectivity index (χ0v) is 12.5. The highest BCUT2D eigenvalue weighted by molar-refractivity contribution is 9.10. The minimum Gasteiger partial charge on any atom is -0.508 e. The minimum absolute atomic E-state index is 0.0584. The van der Waals surface area contributed by atoms with Gasteiger partial charge >= 0.3 is 0 Å². The number of aromatic hydroxyl groups is 2. The summed E-state index contributed by atoms with van der Waals surface area (Å²) in [4.78, 5) is 12.0. The number of phenols is 2. The SMILES string of the molecule is O=C(/C=C/c1ccc(O)cc1Cl)c1cc(Br)ccc1O. The zero-order valence-electron chi connectivity index (χ0n) is 10.2. The average molecular weight is 354 g/mol. The Hall–Kier alpha value is -1.78. The van der Waals surface area contributed by atoms with E-state index in [4.69, 9.17) is 11.6 Å². The third kappa shape index (κ3) is 3.40. The van der Waals surface area contributed by atoms with Gasteiger partial charge in [-0.2, -0.15) is 0 Å². The van der Waals surface area contributed by atoms with Gasteiger partial charge in [0.2, 0.25) is 0 Å². The van der Waals surface area contributed by atoms with Gasteiger partial charge in [-0.25, -0.2) is 0 Å². The fraction of sp³-hybridized carbons (Fsp3) is 0. The zero-order chi connectivity index (χ0) is 14.7. The first-order chi connectivity index (χ1) is 9.47. The number of ketones is 1. The van der Waals surface area contributed by atoms with Gasteiger partial charge in [-0.05, 0) is 54.1 Å². The number of carbonyl (C=O) groups excluding carboxylic acids is 1. The van der Waals surface area contributed by atoms with Crippen molar-refractivity contribution in [2.45, 2.75) is 0 Å². The molecule has 0 bridgehead atoms. The summed E-state index contributed by atoms with van der Waals surface area (Å²) in [6, 6.07) is 9.10. The van der Waals surface area contributed by atoms with Crippen molar-refractivity contribution < 1.29 is 15.0 Å². The van der Waals surface area contributed by atoms with Gasteiger partial charge in [0.05, 0.1) is 10.6 Å². The number of rotatable bonds is 3. The second kappa shape index (κ2) is 6.11. The maximum Gasteiger partial charge on any atom is 0.189 e. The Morgan fingerprint density at radius 2 is 1.90 bits per heavy atom. The van der Waals surface area contributed by atoms with Crippen LogP contribution in [0, 0.1) is 0 Å². The Balaban J connectivity index is 2.27. The molecule has 0 fully saturated rings. The Morgan fingerprint density at radius 3 is 2.60 bits per heavy atom. The predicted molar refractivity (Wildman–Crippen MR) is 82.3 cm³/mol. The van der Waals surface area contributed by atoms with Crippen LogP contribution in [0.5, 0.6) is 11.5 Å². The minimum atomic E-state index is -0.340. The van der Waals surface area contributed by atoms with Crippen LogP contribution in [0.4, 0.5) is 0 Å². The highest BCUT2D eigenvalue weighted by Gasteiger charge is 2.09. The molecule has 0 aliphatic rings. The van der Waals surface area contributed by atoms with Crippen molar-refractivity contribution in [3.63, 3.8) is 0 Å². The largest absolute Gasteiger partial charge is 0.508 e. The summed E-state index contributed by atoms with van der Waals surface area (Å²) in [7, 11) is 0. The van der Waals surface area contributed by atoms with E-state index in [0.29, 0.717) is 15.1 Å². The topological polar surface area (TPSA) is 57.5 Å². The normalized spacial score (nSPS) is 10.9. The summed E-state index contributed by atoms with van der Waals surface area (Å²) in [5.74, 6) is -0.365. The van der Waals surface area contributed by atoms with Crippen LogP contribution < -0.4 is 0 Å². The van der Waals surface area contributed by atoms with E-state index in [1.165, 1.54) is 30.4 Å². The number of allylic oxidation sites excluding steroid dienone is 1. The molecule has 0 saturated heterocycles. The average Bonchev–Trinajstić information content (AvgIpc) is 2.40. The van der Waals surface area contributed by atoms with Crippen molar-refractivity contribution >= 4 is 39.4 Å². The lowest BCUT2D eigenvalue weighted by Crippen LogP contribution is -1.94. The lowest BCUT2D eigenvalue weighted by Gasteiger charge is -2.02. The number of benzene rings is 2. The standard InChI is InChI=1S/C15H10BrClO3/c16-10-3-6-15(20)12(7-10)14(19)5-2-9-1-4-11(18)8-13(9)17/h1-8,18,20H/b5-2+. The van der Waals surface area contributed by atoms with E-state index in [1.807, 2.05) is 0 Å². The molecule has 2 rings (SSSR count). The van der Waals surface area contributed by atoms with Gasteiger partial charge in [0.25, 0.3) is 0 Å². The number of hydrogen-bond acceptors (Lipinski definition) is 3. The molecule has 0 spiro atoms. The first-order valence-electron chi connectivity index (χ1n) is 5.67. The quantitative estimate of drug-likeness (QED) is 0.635. The molecule has 0 saturated carbocycles. The molecule has 2 N–H and O–H groups in total. The van der Waals surface area contributed by atoms with Gasteiger partial charge in [-0.15, -0.1) is 0 Å². The summed E-state index contributed by atoms with van der Waals surface area (Å²) in [5, 5.41) is 19.2. The molecular weight excluding hydrogens is 344 g/mol. The maximum atomic E-state index is 12.0. The Morgan fingerprint density at radius 1 is 1.15 bits per heavy atom. The van der Waals surface area contributed by atoms with Crippen LogP contribution in [-0.4, -0.2) is 16.0 Å². The monoisotopic (exact) mass is 352 g/mol. The van der Waals surface area contributed by atoms with E-state index in [9.17, 15) is 15.0 Å². The predicted octanol–water partition coefficient (Wildman–Crippen LogP) is 4.41. The summed E-state index contributed by atoms with van der Waals surface area (Å²) in [6.45, 7) is 0. The molecule has 0 radical (unpaired) electrons. The van der Waals surface area contributed by atoms with Crippen molar-refractivity contribution in [3.05, 3.63) is 63.1 Å². The van der Waals surface area contributed by atoms with Crippen molar-refractivity contribution in [1.82, 2.24) is 0 Å². The smallest absolute Gasteiger partial charge is 0.189 e. The molecule has 102 valence electrons. The lowest BCUT2D eigenvalue weighted by atomic mass is 10.1. The van der Waals surface area contributed by atoms with Gasteiger partial charge in [-0.3, -0.25) is 4.79 Å². The van der Waals surface area contributed by atoms with Crippen molar-refractivity contribution in [3.8, 4) is 11.5 Å². The molecule has 2 aromatic rings. The summed E-state index contributed by atoms with van der Waals surface area (Å²) >= 11 is 9.18. The van der Waals surface area contributed by atoms with Crippen LogP contribution >= 0.6 is 27.5 Å². The fourth-order valence-corrected chi connectivity index (χ4v) is 2.21. The molecule has 0 aliphatic heterocycles. The lowest BCUT2D eigenvalue weighted by molar-refractivity contribution is 0.104. The molecular formula is C15H10BrClO3. The second-order valence-electron chi connectivity index (χ2n) is 4.06. The van der Waals surface area contributed by atoms with Crippen LogP contribution in [0.25, 0.3) is 6.08 Å². The first kappa shape index (κ1) is 14.6. The molecule has 0 unspecified atom stereocenters. The molecule has 0 aliphatic carbocycles. The van der Waals surface area contributed by atoms with Crippen molar-refractivity contribution in [1.29, 1.82) is 0 Å². The Kier molecular flexibility index (Phi) is 4.47. The fourth-order valence-electron chi connectivity index (χ4n) is 1.61. The molecule has 0 atom stereocenters. The molecule has 2 aromatic carbocycles. The Bertz CT molecular complexity index is 696. The number of hydrogen-bond donors (Lipinski definition) is 2. The van der Waals surface area contributed by atoms with Crippen LogP contribution in [0.2, 0.25) is 5.02 Å². The molecule has 0 amide bonds. The van der Waals surface area contributed by atoms with Crippen molar-refractivity contribution in [2.75, 3.05) is 0 Å². The number of halogens is 2. The molecule has 0 aromatic heterocycles. The molecule has 0 heterocycles. The molecule has 20 heavy (non-hydrogen) atoms. The Labute approximate surface area is 129 Å². The van der Waals surface area contributed by atoms with E-state index in [2.05, 4.69) is 15.9 Å². The number of phenolic OH excluding ortho intramolecular Hbond substituents is 2. The van der Waals surface area contributed by atoms with Gasteiger partial charge in [0.1, 0.15) is 11.5 Å². The first-order valence-corrected chi connectivity index (χ1v) is 6.84. The second-order valence-corrected chi connectivity index (χ2v) is 5.39. The van der Waals surface area contributed by atoms with E-state index in [-0.39, 0.29) is 22.8 Å². The van der Waals surface area contributed by atoms with Gasteiger partial charge in [-0.1, -0.05) is 27.5 Å². The molecule has 5 heteroatoms. The summed E-state index contributed by atoms with van der Waals surface area (Å²) < 4.78 is 0.703. The highest BCUT2D eigenvalue weighted by atomic mass is 79.9. The van der Waals surface area contributed by atoms with E-state index >= 15 is 0 Å².